The van der Waals surface area contributed by atoms with Crippen molar-refractivity contribution < 1.29 is 41.4 Å². The van der Waals surface area contributed by atoms with E-state index in [1.807, 2.05) is 0 Å². The van der Waals surface area contributed by atoms with Gasteiger partial charge in [0, 0.05) is 10.6 Å². The molecule has 0 bridgehead atoms. The van der Waals surface area contributed by atoms with Crippen LogP contribution < -0.4 is 16.7 Å². The number of nitrogens with two attached hydrogens (primary N) is 1. The number of hydrogen-bond acceptors (Lipinski definition) is 6. The van der Waals surface area contributed by atoms with Crippen molar-refractivity contribution in [3.8, 4) is 11.4 Å². The van der Waals surface area contributed by atoms with Gasteiger partial charge in [-0.25, -0.2) is 14.3 Å². The van der Waals surface area contributed by atoms with Gasteiger partial charge in [0.25, 0.3) is 5.92 Å². The van der Waals surface area contributed by atoms with E-state index in [1.54, 1.807) is 0 Å². The van der Waals surface area contributed by atoms with Crippen LogP contribution in [0, 0.1) is 0 Å². The Kier molecular flexibility index (Phi) is 9.55. The fourth-order valence-electron chi connectivity index (χ4n) is 3.76. The number of aliphatic hydroxyl groups is 1. The second-order valence-corrected chi connectivity index (χ2v) is 9.05. The lowest BCUT2D eigenvalue weighted by molar-refractivity contribution is -0.139. The Hall–Kier alpha value is -4.24. The molecule has 220 valence electrons. The predicted octanol–water partition coefficient (Wildman–Crippen LogP) is 3.52. The molecule has 3 aromatic rings. The second-order valence-electron chi connectivity index (χ2n) is 8.61. The molecule has 1 heterocycles. The van der Waals surface area contributed by atoms with E-state index >= 15 is 0 Å². The number of primary amides is 1. The van der Waals surface area contributed by atoms with Crippen molar-refractivity contribution in [2.45, 2.75) is 37.3 Å². The van der Waals surface area contributed by atoms with Crippen LogP contribution in [0.25, 0.3) is 11.4 Å². The van der Waals surface area contributed by atoms with Crippen molar-refractivity contribution in [1.82, 2.24) is 19.7 Å². The first-order chi connectivity index (χ1) is 19.1. The lowest BCUT2D eigenvalue weighted by atomic mass is 10.00. The van der Waals surface area contributed by atoms with Gasteiger partial charge in [-0.05, 0) is 42.0 Å². The molecule has 2 aromatic carbocycles. The topological polar surface area (TPSA) is 141 Å². The standard InChI is InChI=1S/C25H23ClF5N5O5/c1-2-24(27,28)19(37)11-35-21(14-7-9-15(26)10-8-14)34-36(23(35)40)12-20(38)33-18(13-41-22(32)39)16-5-3-4-6-17(16)25(29,30)31/h2-10,18-19,37H,1,11-13H2,(H2,32,39)(H,33,38)/t18?,19-/m0/s1. The summed E-state index contributed by atoms with van der Waals surface area (Å²) in [5, 5.41) is 16.6. The summed E-state index contributed by atoms with van der Waals surface area (Å²) in [6.07, 6.45) is -8.34. The van der Waals surface area contributed by atoms with Crippen molar-refractivity contribution in [2.75, 3.05) is 6.61 Å². The number of carbonyl (C=O) groups excluding carboxylic acids is 2. The number of nitrogens with zero attached hydrogens (tertiary/aromatic N) is 3. The third-order valence-corrected chi connectivity index (χ3v) is 6.01. The lowest BCUT2D eigenvalue weighted by Gasteiger charge is -2.22. The molecule has 4 N–H and O–H groups in total. The molecule has 2 amide bonds. The highest BCUT2D eigenvalue weighted by molar-refractivity contribution is 6.30. The van der Waals surface area contributed by atoms with E-state index in [0.29, 0.717) is 14.3 Å². The largest absolute Gasteiger partial charge is 0.447 e. The molecule has 0 aliphatic rings. The van der Waals surface area contributed by atoms with E-state index < -0.39 is 72.8 Å². The number of aromatic nitrogens is 3. The zero-order chi connectivity index (χ0) is 30.5. The Morgan fingerprint density at radius 1 is 1.15 bits per heavy atom. The minimum absolute atomic E-state index is 0.204. The average molecular weight is 604 g/mol. The van der Waals surface area contributed by atoms with Gasteiger partial charge in [-0.3, -0.25) is 9.36 Å². The van der Waals surface area contributed by atoms with Crippen LogP contribution in [0.4, 0.5) is 26.7 Å². The molecule has 3 rings (SSSR count). The van der Waals surface area contributed by atoms with Crippen LogP contribution in [-0.2, 0) is 28.8 Å². The predicted molar refractivity (Wildman–Crippen MR) is 136 cm³/mol. The van der Waals surface area contributed by atoms with Crippen molar-refractivity contribution in [2.24, 2.45) is 5.73 Å². The van der Waals surface area contributed by atoms with Crippen molar-refractivity contribution in [3.05, 3.63) is 87.8 Å². The molecule has 0 spiro atoms. The first-order valence-corrected chi connectivity index (χ1v) is 12.0. The van der Waals surface area contributed by atoms with Crippen molar-refractivity contribution in [1.29, 1.82) is 0 Å². The third kappa shape index (κ3) is 7.70. The minimum Gasteiger partial charge on any atom is -0.447 e. The summed E-state index contributed by atoms with van der Waals surface area (Å²) in [6.45, 7) is 0.335. The number of halogens is 6. The second kappa shape index (κ2) is 12.5. The van der Waals surface area contributed by atoms with Crippen molar-refractivity contribution >= 4 is 23.6 Å². The lowest BCUT2D eigenvalue weighted by Crippen LogP contribution is -2.40. The van der Waals surface area contributed by atoms with E-state index in [4.69, 9.17) is 17.3 Å². The maximum absolute atomic E-state index is 14.0. The zero-order valence-electron chi connectivity index (χ0n) is 20.9. The minimum atomic E-state index is -4.83. The van der Waals surface area contributed by atoms with E-state index in [1.165, 1.54) is 30.3 Å². The summed E-state index contributed by atoms with van der Waals surface area (Å²) in [6, 6.07) is 8.32. The highest BCUT2D eigenvalue weighted by atomic mass is 35.5. The molecule has 0 saturated carbocycles. The van der Waals surface area contributed by atoms with Gasteiger partial charge in [-0.1, -0.05) is 36.4 Å². The zero-order valence-corrected chi connectivity index (χ0v) is 21.7. The highest BCUT2D eigenvalue weighted by Gasteiger charge is 2.37. The Balaban J connectivity index is 1.97. The number of aliphatic hydroxyl groups excluding tert-OH is 1. The summed E-state index contributed by atoms with van der Waals surface area (Å²) in [5.74, 6) is -5.05. The molecule has 16 heteroatoms. The Morgan fingerprint density at radius 2 is 1.78 bits per heavy atom. The normalized spacial score (nSPS) is 13.3. The van der Waals surface area contributed by atoms with Gasteiger partial charge in [0.15, 0.2) is 5.82 Å². The molecule has 2 atom stereocenters. The summed E-state index contributed by atoms with van der Waals surface area (Å²) < 4.78 is 74.7. The first-order valence-electron chi connectivity index (χ1n) is 11.6. The summed E-state index contributed by atoms with van der Waals surface area (Å²) in [4.78, 5) is 37.2. The molecule has 0 aliphatic carbocycles. The smallest absolute Gasteiger partial charge is 0.416 e. The van der Waals surface area contributed by atoms with Gasteiger partial charge in [0.05, 0.1) is 18.2 Å². The van der Waals surface area contributed by atoms with E-state index in [2.05, 4.69) is 21.7 Å². The number of hydrogen-bond donors (Lipinski definition) is 3. The molecule has 0 fully saturated rings. The van der Waals surface area contributed by atoms with Crippen LogP contribution in [0.3, 0.4) is 0 Å². The molecule has 0 aliphatic heterocycles. The van der Waals surface area contributed by atoms with Gasteiger partial charge in [-0.15, -0.1) is 5.10 Å². The van der Waals surface area contributed by atoms with Crippen LogP contribution in [0.2, 0.25) is 5.02 Å². The number of nitrogens with one attached hydrogen (secondary N) is 1. The van der Waals surface area contributed by atoms with Crippen LogP contribution in [0.1, 0.15) is 17.2 Å². The van der Waals surface area contributed by atoms with E-state index in [-0.39, 0.29) is 17.5 Å². The Labute approximate surface area is 233 Å². The average Bonchev–Trinajstić information content (AvgIpc) is 3.20. The highest BCUT2D eigenvalue weighted by Crippen LogP contribution is 2.34. The summed E-state index contributed by atoms with van der Waals surface area (Å²) in [7, 11) is 0. The van der Waals surface area contributed by atoms with Crippen LogP contribution >= 0.6 is 11.6 Å². The number of ether oxygens (including phenoxy) is 1. The fraction of sp³-hybridized carbons (Fsp3) is 0.280. The van der Waals surface area contributed by atoms with Gasteiger partial charge in [0.2, 0.25) is 5.91 Å². The van der Waals surface area contributed by atoms with Crippen molar-refractivity contribution in [3.63, 3.8) is 0 Å². The Morgan fingerprint density at radius 3 is 2.37 bits per heavy atom. The molecule has 0 saturated heterocycles. The van der Waals surface area contributed by atoms with Crippen LogP contribution in [0.5, 0.6) is 0 Å². The molecule has 0 radical (unpaired) electrons. The van der Waals surface area contributed by atoms with Crippen LogP contribution in [-0.4, -0.2) is 50.1 Å². The molecule has 41 heavy (non-hydrogen) atoms. The number of amides is 2. The van der Waals surface area contributed by atoms with E-state index in [0.717, 1.165) is 18.2 Å². The fourth-order valence-corrected chi connectivity index (χ4v) is 3.89. The van der Waals surface area contributed by atoms with Gasteiger partial charge in [-0.2, -0.15) is 22.0 Å². The summed E-state index contributed by atoms with van der Waals surface area (Å²) in [5.41, 5.74) is 2.48. The number of carbonyl (C=O) groups is 2. The molecular weight excluding hydrogens is 581 g/mol. The number of alkyl halides is 5. The maximum Gasteiger partial charge on any atom is 0.416 e. The first kappa shape index (κ1) is 31.3. The van der Waals surface area contributed by atoms with Gasteiger partial charge < -0.3 is 20.9 Å². The molecule has 1 unspecified atom stereocenters. The third-order valence-electron chi connectivity index (χ3n) is 5.76. The number of benzene rings is 2. The van der Waals surface area contributed by atoms with E-state index in [9.17, 15) is 41.4 Å². The van der Waals surface area contributed by atoms with Gasteiger partial charge in [0.1, 0.15) is 19.3 Å². The monoisotopic (exact) mass is 603 g/mol. The maximum atomic E-state index is 14.0. The quantitative estimate of drug-likeness (QED) is 0.226. The van der Waals surface area contributed by atoms with Gasteiger partial charge >= 0.3 is 18.0 Å². The molecular formula is C25H23ClF5N5O5. The molecule has 1 aromatic heterocycles. The number of rotatable bonds is 11. The SMILES string of the molecule is C=CC(F)(F)[C@@H](O)Cn1c(-c2ccc(Cl)cc2)nn(CC(=O)NC(COC(N)=O)c2ccccc2C(F)(F)F)c1=O. The van der Waals surface area contributed by atoms with Crippen LogP contribution in [0.15, 0.2) is 66.0 Å². The molecule has 10 nitrogen and oxygen atoms in total. The Bertz CT molecular complexity index is 1470. The summed E-state index contributed by atoms with van der Waals surface area (Å²) >= 11 is 5.88.